The van der Waals surface area contributed by atoms with E-state index in [1.165, 1.54) is 0 Å². The van der Waals surface area contributed by atoms with Gasteiger partial charge in [-0.25, -0.2) is 0 Å². The Balaban J connectivity index is 6.17. The van der Waals surface area contributed by atoms with Crippen LogP contribution in [0, 0.1) is 0 Å². The van der Waals surface area contributed by atoms with Crippen molar-refractivity contribution in [1.82, 2.24) is 0 Å². The smallest absolute Gasteiger partial charge is 0.390 e. The van der Waals surface area contributed by atoms with Crippen LogP contribution in [-0.2, 0) is 9.47 Å². The zero-order valence-electron chi connectivity index (χ0n) is 13.1. The van der Waals surface area contributed by atoms with Gasteiger partial charge in [0.2, 0.25) is 0 Å². The van der Waals surface area contributed by atoms with Crippen LogP contribution < -0.4 is 0 Å². The predicted molar refractivity (Wildman–Crippen MR) is 54.8 cm³/mol. The van der Waals surface area contributed by atoms with Gasteiger partial charge in [-0.05, 0) is 0 Å². The molecule has 182 valence electrons. The standard InChI is InChI=1S/C10H5F17O3/c11-3(12,5(14,15)8(20,21)22)2-29-6(16,9(23,24)25)10(26,27)30-4(13,1-28)7(17,18)19/h28H,1-2H2. The number of aliphatic hydroxyl groups is 1. The lowest BCUT2D eigenvalue weighted by atomic mass is 10.1. The molecule has 0 aromatic heterocycles. The van der Waals surface area contributed by atoms with Crippen molar-refractivity contribution in [2.45, 2.75) is 48.2 Å². The zero-order chi connectivity index (χ0) is 24.8. The fourth-order valence-corrected chi connectivity index (χ4v) is 1.27. The second-order valence-electron chi connectivity index (χ2n) is 5.16. The minimum atomic E-state index is -7.48. The molecule has 1 N–H and O–H groups in total. The number of halogens is 17. The van der Waals surface area contributed by atoms with Gasteiger partial charge in [0.1, 0.15) is 13.2 Å². The lowest BCUT2D eigenvalue weighted by Crippen LogP contribution is -2.65. The van der Waals surface area contributed by atoms with E-state index in [0.717, 1.165) is 0 Å². The Morgan fingerprint density at radius 2 is 0.967 bits per heavy atom. The second kappa shape index (κ2) is 7.68. The molecule has 0 radical (unpaired) electrons. The molecule has 0 rings (SSSR count). The highest BCUT2D eigenvalue weighted by atomic mass is 19.4. The maximum atomic E-state index is 13.6. The molecule has 0 aliphatic carbocycles. The average molecular weight is 496 g/mol. The summed E-state index contributed by atoms with van der Waals surface area (Å²) >= 11 is 0. The lowest BCUT2D eigenvalue weighted by molar-refractivity contribution is -0.510. The molecule has 3 nitrogen and oxygen atoms in total. The Kier molecular flexibility index (Phi) is 7.34. The van der Waals surface area contributed by atoms with Crippen LogP contribution >= 0.6 is 0 Å². The molecule has 0 heterocycles. The van der Waals surface area contributed by atoms with Crippen LogP contribution in [0.1, 0.15) is 0 Å². The molecular weight excluding hydrogens is 491 g/mol. The van der Waals surface area contributed by atoms with Crippen LogP contribution in [0.15, 0.2) is 0 Å². The van der Waals surface area contributed by atoms with Gasteiger partial charge in [-0.1, -0.05) is 0 Å². The third-order valence-corrected chi connectivity index (χ3v) is 2.92. The Morgan fingerprint density at radius 3 is 1.23 bits per heavy atom. The number of hydrogen-bond acceptors (Lipinski definition) is 3. The molecule has 20 heteroatoms. The molecule has 0 saturated carbocycles. The first-order valence-electron chi connectivity index (χ1n) is 6.39. The average Bonchev–Trinajstić information content (AvgIpc) is 2.48. The van der Waals surface area contributed by atoms with Crippen LogP contribution in [0.25, 0.3) is 0 Å². The summed E-state index contributed by atoms with van der Waals surface area (Å²) in [5.41, 5.74) is 0. The molecule has 0 fully saturated rings. The van der Waals surface area contributed by atoms with Crippen molar-refractivity contribution < 1.29 is 89.2 Å². The van der Waals surface area contributed by atoms with E-state index >= 15 is 0 Å². The number of rotatable bonds is 8. The van der Waals surface area contributed by atoms with E-state index < -0.39 is 61.4 Å². The third-order valence-electron chi connectivity index (χ3n) is 2.92. The van der Waals surface area contributed by atoms with E-state index in [0.29, 0.717) is 0 Å². The highest BCUT2D eigenvalue weighted by Gasteiger charge is 2.80. The maximum Gasteiger partial charge on any atom is 0.459 e. The quantitative estimate of drug-likeness (QED) is 0.487. The third kappa shape index (κ3) is 4.94. The summed E-state index contributed by atoms with van der Waals surface area (Å²) in [6.07, 6.45) is -28.9. The molecule has 0 saturated heterocycles. The second-order valence-corrected chi connectivity index (χ2v) is 5.16. The number of aliphatic hydroxyl groups excluding tert-OH is 1. The Hall–Kier alpha value is -1.31. The largest absolute Gasteiger partial charge is 0.459 e. The van der Waals surface area contributed by atoms with Crippen molar-refractivity contribution in [1.29, 1.82) is 0 Å². The maximum absolute atomic E-state index is 13.6. The van der Waals surface area contributed by atoms with E-state index in [2.05, 4.69) is 4.74 Å². The van der Waals surface area contributed by atoms with Gasteiger partial charge in [-0.2, -0.15) is 74.6 Å². The molecule has 2 atom stereocenters. The van der Waals surface area contributed by atoms with E-state index in [-0.39, 0.29) is 0 Å². The Morgan fingerprint density at radius 1 is 0.567 bits per heavy atom. The molecular formula is C10H5F17O3. The summed E-state index contributed by atoms with van der Waals surface area (Å²) in [6.45, 7) is -7.42. The van der Waals surface area contributed by atoms with Crippen molar-refractivity contribution in [3.05, 3.63) is 0 Å². The number of ether oxygens (including phenoxy) is 2. The summed E-state index contributed by atoms with van der Waals surface area (Å²) in [7, 11) is 0. The van der Waals surface area contributed by atoms with E-state index in [1.807, 2.05) is 4.74 Å². The summed E-state index contributed by atoms with van der Waals surface area (Å²) in [5.74, 6) is -27.7. The number of hydrogen-bond donors (Lipinski definition) is 1. The zero-order valence-corrected chi connectivity index (χ0v) is 13.1. The Bertz CT molecular complexity index is 592. The molecule has 0 aromatic rings. The van der Waals surface area contributed by atoms with E-state index in [4.69, 9.17) is 5.11 Å². The van der Waals surface area contributed by atoms with Crippen LogP contribution in [-0.4, -0.2) is 66.5 Å². The number of alkyl halides is 17. The summed E-state index contributed by atoms with van der Waals surface area (Å²) in [6, 6.07) is 0. The fourth-order valence-electron chi connectivity index (χ4n) is 1.27. The van der Waals surface area contributed by atoms with Crippen molar-refractivity contribution >= 4 is 0 Å². The molecule has 0 aromatic carbocycles. The van der Waals surface area contributed by atoms with Crippen LogP contribution in [0.3, 0.4) is 0 Å². The van der Waals surface area contributed by atoms with Crippen LogP contribution in [0.2, 0.25) is 0 Å². The van der Waals surface area contributed by atoms with Gasteiger partial charge < -0.3 is 9.84 Å². The lowest BCUT2D eigenvalue weighted by Gasteiger charge is -2.38. The normalized spacial score (nSPS) is 19.4. The molecule has 0 bridgehead atoms. The van der Waals surface area contributed by atoms with Crippen molar-refractivity contribution in [3.63, 3.8) is 0 Å². The van der Waals surface area contributed by atoms with Gasteiger partial charge in [0, 0.05) is 0 Å². The molecule has 30 heavy (non-hydrogen) atoms. The minimum absolute atomic E-state index is 1.90. The van der Waals surface area contributed by atoms with E-state index in [9.17, 15) is 74.6 Å². The first-order valence-corrected chi connectivity index (χ1v) is 6.39. The predicted octanol–water partition coefficient (Wildman–Crippen LogP) is 4.89. The minimum Gasteiger partial charge on any atom is -0.390 e. The molecule has 0 aliphatic rings. The van der Waals surface area contributed by atoms with Crippen molar-refractivity contribution in [2.75, 3.05) is 13.2 Å². The Labute approximate surface area is 152 Å². The molecule has 2 unspecified atom stereocenters. The molecule has 0 aliphatic heterocycles. The van der Waals surface area contributed by atoms with Gasteiger partial charge in [-0.3, -0.25) is 4.74 Å². The molecule has 0 amide bonds. The van der Waals surface area contributed by atoms with Gasteiger partial charge >= 0.3 is 48.2 Å². The summed E-state index contributed by atoms with van der Waals surface area (Å²) in [5, 5.41) is 8.07. The molecule has 0 spiro atoms. The topological polar surface area (TPSA) is 38.7 Å². The van der Waals surface area contributed by atoms with Crippen LogP contribution in [0.5, 0.6) is 0 Å². The van der Waals surface area contributed by atoms with Crippen molar-refractivity contribution in [3.8, 4) is 0 Å². The summed E-state index contributed by atoms with van der Waals surface area (Å²) in [4.78, 5) is 0. The van der Waals surface area contributed by atoms with Gasteiger partial charge in [0.15, 0.2) is 0 Å². The van der Waals surface area contributed by atoms with Gasteiger partial charge in [-0.15, -0.1) is 0 Å². The fraction of sp³-hybridized carbons (Fsp3) is 1.00. The van der Waals surface area contributed by atoms with Gasteiger partial charge in [0.05, 0.1) is 0 Å². The van der Waals surface area contributed by atoms with Crippen LogP contribution in [0.4, 0.5) is 74.6 Å². The first-order chi connectivity index (χ1) is 12.7. The van der Waals surface area contributed by atoms with Gasteiger partial charge in [0.25, 0.3) is 0 Å². The van der Waals surface area contributed by atoms with E-state index in [1.54, 1.807) is 0 Å². The first kappa shape index (κ1) is 28.7. The SMILES string of the molecule is OCC(F)(OC(F)(F)C(F)(OCC(F)(F)C(F)(F)C(F)(F)F)C(F)(F)F)C(F)(F)F. The highest BCUT2D eigenvalue weighted by molar-refractivity contribution is 4.95. The monoisotopic (exact) mass is 496 g/mol. The summed E-state index contributed by atoms with van der Waals surface area (Å²) < 4.78 is 218. The van der Waals surface area contributed by atoms with Crippen molar-refractivity contribution in [2.24, 2.45) is 0 Å². The highest BCUT2D eigenvalue weighted by Crippen LogP contribution is 2.53.